The minimum absolute atomic E-state index is 0.0899. The Labute approximate surface area is 239 Å². The third-order valence-electron chi connectivity index (χ3n) is 7.71. The molecule has 40 heavy (non-hydrogen) atoms. The Balaban J connectivity index is 1.82. The predicted octanol–water partition coefficient (Wildman–Crippen LogP) is 5.80. The fraction of sp³-hybridized carbons (Fsp3) is 0.576. The maximum absolute atomic E-state index is 15.8. The Morgan fingerprint density at radius 2 is 1.88 bits per heavy atom. The molecule has 0 radical (unpaired) electrons. The van der Waals surface area contributed by atoms with Gasteiger partial charge < -0.3 is 20.6 Å². The van der Waals surface area contributed by atoms with Crippen LogP contribution >= 0.6 is 0 Å². The number of β-amino-alcohol motifs (C(OH)–C–C–N with tert-alkyl or cyclic N) is 1. The topological polar surface area (TPSA) is 81.7 Å². The number of carbonyl (C=O) groups excluding carboxylic acids is 2. The van der Waals surface area contributed by atoms with Gasteiger partial charge in [0, 0.05) is 25.0 Å². The summed E-state index contributed by atoms with van der Waals surface area (Å²) < 4.78 is 15.8. The number of carbonyl (C=O) groups is 2. The standard InChI is InChI=1S/C33H48FN3O3/c1-6-12-25-19-26(31(34)28(21-25)37-18-11-16-30(37)39)32(40)36-27(20-24-14-8-7-9-15-24)29(38)22-35-33(4,5)17-10-13-23(2)3/h7-9,14-15,19,21,23,27,29,35,38H,6,10-13,16-18,20,22H2,1-5H3,(H,36,40)/t27-,29-/m0/s1. The molecule has 0 unspecified atom stereocenters. The first-order valence-corrected chi connectivity index (χ1v) is 14.9. The van der Waals surface area contributed by atoms with E-state index in [9.17, 15) is 14.7 Å². The lowest BCUT2D eigenvalue weighted by Crippen LogP contribution is -2.52. The third kappa shape index (κ3) is 9.13. The second kappa shape index (κ2) is 14.7. The highest BCUT2D eigenvalue weighted by Gasteiger charge is 2.30. The molecule has 1 saturated heterocycles. The molecule has 0 saturated carbocycles. The van der Waals surface area contributed by atoms with Crippen molar-refractivity contribution < 1.29 is 19.1 Å². The van der Waals surface area contributed by atoms with E-state index in [1.165, 1.54) is 4.90 Å². The molecule has 3 N–H and O–H groups in total. The van der Waals surface area contributed by atoms with Crippen molar-refractivity contribution in [3.63, 3.8) is 0 Å². The Kier molecular flexibility index (Phi) is 11.7. The number of benzene rings is 2. The second-order valence-corrected chi connectivity index (χ2v) is 12.3. The van der Waals surface area contributed by atoms with E-state index in [0.29, 0.717) is 44.7 Å². The maximum atomic E-state index is 15.8. The number of nitrogens with one attached hydrogen (secondary N) is 2. The summed E-state index contributed by atoms with van der Waals surface area (Å²) >= 11 is 0. The van der Waals surface area contributed by atoms with Crippen LogP contribution in [0.25, 0.3) is 0 Å². The lowest BCUT2D eigenvalue weighted by Gasteiger charge is -2.31. The van der Waals surface area contributed by atoms with Crippen LogP contribution in [0.2, 0.25) is 0 Å². The fourth-order valence-corrected chi connectivity index (χ4v) is 5.33. The molecule has 0 aromatic heterocycles. The zero-order valence-electron chi connectivity index (χ0n) is 24.9. The molecule has 2 atom stereocenters. The number of nitrogens with zero attached hydrogens (tertiary/aromatic N) is 1. The molecule has 3 rings (SSSR count). The molecule has 1 aliphatic rings. The van der Waals surface area contributed by atoms with Crippen LogP contribution in [0.5, 0.6) is 0 Å². The molecule has 7 heteroatoms. The molecule has 1 aliphatic heterocycles. The molecular weight excluding hydrogens is 505 g/mol. The maximum Gasteiger partial charge on any atom is 0.254 e. The summed E-state index contributed by atoms with van der Waals surface area (Å²) in [7, 11) is 0. The van der Waals surface area contributed by atoms with Gasteiger partial charge in [-0.3, -0.25) is 9.59 Å². The van der Waals surface area contributed by atoms with E-state index in [1.54, 1.807) is 12.1 Å². The van der Waals surface area contributed by atoms with Crippen LogP contribution in [0.4, 0.5) is 10.1 Å². The summed E-state index contributed by atoms with van der Waals surface area (Å²) in [6, 6.07) is 12.3. The zero-order valence-corrected chi connectivity index (χ0v) is 24.9. The molecule has 220 valence electrons. The van der Waals surface area contributed by atoms with Gasteiger partial charge in [0.15, 0.2) is 5.82 Å². The average Bonchev–Trinajstić information content (AvgIpc) is 3.33. The Hall–Kier alpha value is -2.77. The number of anilines is 1. The summed E-state index contributed by atoms with van der Waals surface area (Å²) in [5, 5.41) is 17.7. The SMILES string of the molecule is CCCc1cc(C(=O)N[C@@H](Cc2ccccc2)[C@@H](O)CNC(C)(C)CCCC(C)C)c(F)c(N2CCCC2=O)c1. The van der Waals surface area contributed by atoms with E-state index in [0.717, 1.165) is 36.8 Å². The molecule has 6 nitrogen and oxygen atoms in total. The number of aryl methyl sites for hydroxylation is 1. The van der Waals surface area contributed by atoms with Crippen molar-refractivity contribution in [3.8, 4) is 0 Å². The van der Waals surface area contributed by atoms with Gasteiger partial charge in [-0.15, -0.1) is 0 Å². The van der Waals surface area contributed by atoms with Gasteiger partial charge in [0.25, 0.3) is 5.91 Å². The number of aliphatic hydroxyl groups is 1. The fourth-order valence-electron chi connectivity index (χ4n) is 5.33. The van der Waals surface area contributed by atoms with Gasteiger partial charge in [-0.25, -0.2) is 4.39 Å². The van der Waals surface area contributed by atoms with Crippen LogP contribution in [-0.4, -0.2) is 47.7 Å². The lowest BCUT2D eigenvalue weighted by molar-refractivity contribution is -0.117. The summed E-state index contributed by atoms with van der Waals surface area (Å²) in [5.74, 6) is -0.755. The Morgan fingerprint density at radius 3 is 2.50 bits per heavy atom. The van der Waals surface area contributed by atoms with Gasteiger partial charge in [-0.05, 0) is 68.7 Å². The van der Waals surface area contributed by atoms with Crippen molar-refractivity contribution in [2.45, 2.75) is 104 Å². The summed E-state index contributed by atoms with van der Waals surface area (Å²) in [4.78, 5) is 27.5. The zero-order chi connectivity index (χ0) is 29.3. The van der Waals surface area contributed by atoms with Crippen molar-refractivity contribution in [2.75, 3.05) is 18.0 Å². The van der Waals surface area contributed by atoms with Crippen LogP contribution in [0.15, 0.2) is 42.5 Å². The van der Waals surface area contributed by atoms with E-state index in [-0.39, 0.29) is 22.7 Å². The minimum atomic E-state index is -0.893. The number of halogens is 1. The first-order chi connectivity index (χ1) is 19.0. The largest absolute Gasteiger partial charge is 0.390 e. The minimum Gasteiger partial charge on any atom is -0.390 e. The lowest BCUT2D eigenvalue weighted by atomic mass is 9.93. The van der Waals surface area contributed by atoms with Crippen molar-refractivity contribution in [3.05, 3.63) is 65.0 Å². The molecule has 2 amide bonds. The first kappa shape index (κ1) is 31.8. The van der Waals surface area contributed by atoms with Crippen molar-refractivity contribution in [2.24, 2.45) is 5.92 Å². The van der Waals surface area contributed by atoms with Crippen LogP contribution in [0.3, 0.4) is 0 Å². The summed E-state index contributed by atoms with van der Waals surface area (Å²) in [6.07, 6.45) is 5.26. The molecule has 2 aromatic carbocycles. The van der Waals surface area contributed by atoms with E-state index >= 15 is 4.39 Å². The van der Waals surface area contributed by atoms with Gasteiger partial charge in [0.05, 0.1) is 23.4 Å². The van der Waals surface area contributed by atoms with Gasteiger partial charge in [-0.1, -0.05) is 70.4 Å². The van der Waals surface area contributed by atoms with Gasteiger partial charge in [-0.2, -0.15) is 0 Å². The molecule has 0 aliphatic carbocycles. The molecule has 1 heterocycles. The van der Waals surface area contributed by atoms with Crippen molar-refractivity contribution in [1.82, 2.24) is 10.6 Å². The van der Waals surface area contributed by atoms with Crippen LogP contribution in [0, 0.1) is 11.7 Å². The number of aliphatic hydroxyl groups excluding tert-OH is 1. The highest BCUT2D eigenvalue weighted by Crippen LogP contribution is 2.29. The molecule has 0 bridgehead atoms. The first-order valence-electron chi connectivity index (χ1n) is 14.9. The van der Waals surface area contributed by atoms with Gasteiger partial charge >= 0.3 is 0 Å². The summed E-state index contributed by atoms with van der Waals surface area (Å²) in [5.41, 5.74) is 1.69. The third-order valence-corrected chi connectivity index (χ3v) is 7.71. The van der Waals surface area contributed by atoms with E-state index < -0.39 is 23.9 Å². The molecule has 2 aromatic rings. The van der Waals surface area contributed by atoms with Crippen molar-refractivity contribution in [1.29, 1.82) is 0 Å². The van der Waals surface area contributed by atoms with Gasteiger partial charge in [0.1, 0.15) is 0 Å². The second-order valence-electron chi connectivity index (χ2n) is 12.3. The van der Waals surface area contributed by atoms with Crippen LogP contribution in [0.1, 0.15) is 94.6 Å². The normalized spacial score (nSPS) is 15.5. The van der Waals surface area contributed by atoms with E-state index in [4.69, 9.17) is 0 Å². The Morgan fingerprint density at radius 1 is 1.15 bits per heavy atom. The molecule has 1 fully saturated rings. The highest BCUT2D eigenvalue weighted by atomic mass is 19.1. The Bertz CT molecular complexity index is 1120. The van der Waals surface area contributed by atoms with E-state index in [2.05, 4.69) is 38.3 Å². The number of rotatable bonds is 15. The smallest absolute Gasteiger partial charge is 0.254 e. The number of amides is 2. The van der Waals surface area contributed by atoms with Crippen LogP contribution in [-0.2, 0) is 17.6 Å². The van der Waals surface area contributed by atoms with Crippen LogP contribution < -0.4 is 15.5 Å². The highest BCUT2D eigenvalue weighted by molar-refractivity contribution is 6.00. The van der Waals surface area contributed by atoms with Gasteiger partial charge in [0.2, 0.25) is 5.91 Å². The molecular formula is C33H48FN3O3. The summed E-state index contributed by atoms with van der Waals surface area (Å²) in [6.45, 7) is 11.4. The van der Waals surface area contributed by atoms with E-state index in [1.807, 2.05) is 37.3 Å². The van der Waals surface area contributed by atoms with Crippen molar-refractivity contribution >= 4 is 17.5 Å². The molecule has 0 spiro atoms. The predicted molar refractivity (Wildman–Crippen MR) is 160 cm³/mol. The quantitative estimate of drug-likeness (QED) is 0.260. The monoisotopic (exact) mass is 553 g/mol. The average molecular weight is 554 g/mol. The number of hydrogen-bond donors (Lipinski definition) is 3. The number of hydrogen-bond acceptors (Lipinski definition) is 4.